The molecule has 1 aromatic rings. The maximum atomic E-state index is 10.7. The highest BCUT2D eigenvalue weighted by molar-refractivity contribution is 5.54. The van der Waals surface area contributed by atoms with E-state index in [0.29, 0.717) is 12.2 Å². The molecule has 3 heteroatoms. The van der Waals surface area contributed by atoms with E-state index in [1.165, 1.54) is 0 Å². The van der Waals surface area contributed by atoms with Gasteiger partial charge < -0.3 is 14.9 Å². The fourth-order valence-electron chi connectivity index (χ4n) is 4.14. The molecular formula is C19H26O3. The summed E-state index contributed by atoms with van der Waals surface area (Å²) in [4.78, 5) is 0. The molecular weight excluding hydrogens is 276 g/mol. The topological polar surface area (TPSA) is 49.7 Å². The smallest absolute Gasteiger partial charge is 0.135 e. The molecule has 1 aliphatic carbocycles. The molecule has 2 N–H and O–H groups in total. The molecule has 1 aliphatic heterocycles. The number of aromatic hydroxyl groups is 1. The number of phenolic OH excluding ortho intramolecular Hbond substituents is 1. The first kappa shape index (κ1) is 15.4. The van der Waals surface area contributed by atoms with Gasteiger partial charge in [0.25, 0.3) is 0 Å². The Labute approximate surface area is 132 Å². The minimum absolute atomic E-state index is 0.00748. The standard InChI is InChI=1S/C19H26O3/c1-5-6-12-9-14(20)17-15(10-12)22-18-16(17)13(11(2)3)7-8-19(18,4)21/h9-10,13,16,18,20-21H,2,5-8H2,1,3-4H3/t13-,16+,18-,19-/m0/s1. The summed E-state index contributed by atoms with van der Waals surface area (Å²) >= 11 is 0. The van der Waals surface area contributed by atoms with Gasteiger partial charge in [-0.2, -0.15) is 0 Å². The number of ether oxygens (including phenoxy) is 1. The van der Waals surface area contributed by atoms with E-state index in [1.54, 1.807) is 0 Å². The summed E-state index contributed by atoms with van der Waals surface area (Å²) in [6.45, 7) is 10.1. The molecule has 0 amide bonds. The third-order valence-electron chi connectivity index (χ3n) is 5.27. The normalized spacial score (nSPS) is 33.0. The number of hydrogen-bond acceptors (Lipinski definition) is 3. The van der Waals surface area contributed by atoms with Crippen molar-refractivity contribution in [3.8, 4) is 11.5 Å². The molecule has 22 heavy (non-hydrogen) atoms. The van der Waals surface area contributed by atoms with E-state index in [9.17, 15) is 10.2 Å². The molecule has 0 aromatic heterocycles. The van der Waals surface area contributed by atoms with Crippen LogP contribution in [0, 0.1) is 5.92 Å². The van der Waals surface area contributed by atoms with Gasteiger partial charge in [-0.05, 0) is 56.7 Å². The number of fused-ring (bicyclic) bond motifs is 3. The van der Waals surface area contributed by atoms with Gasteiger partial charge in [-0.15, -0.1) is 0 Å². The number of allylic oxidation sites excluding steroid dienone is 1. The van der Waals surface area contributed by atoms with Crippen molar-refractivity contribution in [3.05, 3.63) is 35.4 Å². The van der Waals surface area contributed by atoms with Gasteiger partial charge in [-0.1, -0.05) is 25.5 Å². The molecule has 2 aliphatic rings. The van der Waals surface area contributed by atoms with Crippen molar-refractivity contribution in [3.63, 3.8) is 0 Å². The van der Waals surface area contributed by atoms with E-state index in [1.807, 2.05) is 26.0 Å². The first-order valence-electron chi connectivity index (χ1n) is 8.25. The van der Waals surface area contributed by atoms with Crippen molar-refractivity contribution in [1.29, 1.82) is 0 Å². The number of rotatable bonds is 3. The molecule has 0 unspecified atom stereocenters. The minimum atomic E-state index is -0.868. The van der Waals surface area contributed by atoms with Crippen LogP contribution in [0.5, 0.6) is 11.5 Å². The van der Waals surface area contributed by atoms with Gasteiger partial charge in [-0.3, -0.25) is 0 Å². The summed E-state index contributed by atoms with van der Waals surface area (Å²) in [6.07, 6.45) is 3.21. The lowest BCUT2D eigenvalue weighted by Gasteiger charge is -2.42. The van der Waals surface area contributed by atoms with Crippen LogP contribution in [0.25, 0.3) is 0 Å². The summed E-state index contributed by atoms with van der Waals surface area (Å²) in [5.74, 6) is 1.28. The van der Waals surface area contributed by atoms with Crippen molar-refractivity contribution < 1.29 is 14.9 Å². The zero-order chi connectivity index (χ0) is 16.1. The van der Waals surface area contributed by atoms with Gasteiger partial charge in [-0.25, -0.2) is 0 Å². The molecule has 120 valence electrons. The van der Waals surface area contributed by atoms with E-state index in [0.717, 1.165) is 41.7 Å². The van der Waals surface area contributed by atoms with E-state index in [2.05, 4.69) is 13.5 Å². The van der Waals surface area contributed by atoms with Crippen molar-refractivity contribution >= 4 is 0 Å². The monoisotopic (exact) mass is 302 g/mol. The Kier molecular flexibility index (Phi) is 3.72. The van der Waals surface area contributed by atoms with Crippen LogP contribution >= 0.6 is 0 Å². The predicted molar refractivity (Wildman–Crippen MR) is 87.4 cm³/mol. The van der Waals surface area contributed by atoms with Crippen LogP contribution in [0.3, 0.4) is 0 Å². The van der Waals surface area contributed by atoms with E-state index in [4.69, 9.17) is 4.74 Å². The summed E-state index contributed by atoms with van der Waals surface area (Å²) < 4.78 is 6.12. The SMILES string of the molecule is C=C(C)[C@@H]1CC[C@](C)(O)[C@H]2Oc3cc(CCC)cc(O)c3[C@@H]12. The highest BCUT2D eigenvalue weighted by Crippen LogP contribution is 2.56. The molecule has 0 saturated heterocycles. The Hall–Kier alpha value is -1.48. The fraction of sp³-hybridized carbons (Fsp3) is 0.579. The number of phenols is 1. The molecule has 0 bridgehead atoms. The number of aliphatic hydroxyl groups is 1. The van der Waals surface area contributed by atoms with Crippen molar-refractivity contribution in [2.45, 2.75) is 64.1 Å². The van der Waals surface area contributed by atoms with Gasteiger partial charge in [0.05, 0.1) is 5.60 Å². The second-order valence-corrected chi connectivity index (χ2v) is 7.19. The zero-order valence-corrected chi connectivity index (χ0v) is 13.7. The van der Waals surface area contributed by atoms with E-state index < -0.39 is 5.60 Å². The van der Waals surface area contributed by atoms with Gasteiger partial charge in [0.1, 0.15) is 17.6 Å². The molecule has 1 aromatic carbocycles. The summed E-state index contributed by atoms with van der Waals surface area (Å²) in [6, 6.07) is 3.88. The lowest BCUT2D eigenvalue weighted by atomic mass is 9.66. The van der Waals surface area contributed by atoms with Crippen LogP contribution in [0.15, 0.2) is 24.3 Å². The quantitative estimate of drug-likeness (QED) is 0.832. The molecule has 4 atom stereocenters. The Morgan fingerprint density at radius 2 is 2.18 bits per heavy atom. The fourth-order valence-corrected chi connectivity index (χ4v) is 4.14. The Morgan fingerprint density at radius 1 is 1.45 bits per heavy atom. The summed E-state index contributed by atoms with van der Waals surface area (Å²) in [7, 11) is 0. The number of aryl methyl sites for hydroxylation is 1. The Morgan fingerprint density at radius 3 is 2.82 bits per heavy atom. The summed E-state index contributed by atoms with van der Waals surface area (Å²) in [5, 5.41) is 21.3. The van der Waals surface area contributed by atoms with Gasteiger partial charge in [0.2, 0.25) is 0 Å². The van der Waals surface area contributed by atoms with Gasteiger partial charge in [0, 0.05) is 11.5 Å². The number of hydrogen-bond donors (Lipinski definition) is 2. The molecule has 0 radical (unpaired) electrons. The third-order valence-corrected chi connectivity index (χ3v) is 5.27. The summed E-state index contributed by atoms with van der Waals surface area (Å²) in [5.41, 5.74) is 2.17. The molecule has 0 spiro atoms. The van der Waals surface area contributed by atoms with Crippen LogP contribution in [0.2, 0.25) is 0 Å². The molecule has 1 saturated carbocycles. The first-order chi connectivity index (χ1) is 10.3. The predicted octanol–water partition coefficient (Wildman–Crippen LogP) is 3.93. The van der Waals surface area contributed by atoms with Crippen molar-refractivity contribution in [2.75, 3.05) is 0 Å². The first-order valence-corrected chi connectivity index (χ1v) is 8.25. The second-order valence-electron chi connectivity index (χ2n) is 7.19. The maximum absolute atomic E-state index is 10.7. The molecule has 3 nitrogen and oxygen atoms in total. The van der Waals surface area contributed by atoms with Crippen LogP contribution in [0.4, 0.5) is 0 Å². The van der Waals surface area contributed by atoms with E-state index in [-0.39, 0.29) is 17.9 Å². The van der Waals surface area contributed by atoms with Crippen LogP contribution in [0.1, 0.15) is 57.1 Å². The molecule has 3 rings (SSSR count). The van der Waals surface area contributed by atoms with Crippen molar-refractivity contribution in [1.82, 2.24) is 0 Å². The van der Waals surface area contributed by atoms with Crippen LogP contribution in [-0.4, -0.2) is 21.9 Å². The second kappa shape index (κ2) is 5.31. The third kappa shape index (κ3) is 2.32. The Bertz CT molecular complexity index is 603. The van der Waals surface area contributed by atoms with Gasteiger partial charge in [0.15, 0.2) is 0 Å². The molecule has 1 heterocycles. The van der Waals surface area contributed by atoms with E-state index >= 15 is 0 Å². The van der Waals surface area contributed by atoms with Gasteiger partial charge >= 0.3 is 0 Å². The molecule has 1 fully saturated rings. The van der Waals surface area contributed by atoms with Crippen molar-refractivity contribution in [2.24, 2.45) is 5.92 Å². The Balaban J connectivity index is 2.08. The average molecular weight is 302 g/mol. The number of benzene rings is 1. The highest BCUT2D eigenvalue weighted by Gasteiger charge is 2.53. The highest BCUT2D eigenvalue weighted by atomic mass is 16.5. The van der Waals surface area contributed by atoms with Crippen LogP contribution in [-0.2, 0) is 6.42 Å². The van der Waals surface area contributed by atoms with Crippen LogP contribution < -0.4 is 4.74 Å². The largest absolute Gasteiger partial charge is 0.508 e. The minimum Gasteiger partial charge on any atom is -0.508 e. The maximum Gasteiger partial charge on any atom is 0.135 e. The lowest BCUT2D eigenvalue weighted by molar-refractivity contribution is -0.0824. The zero-order valence-electron chi connectivity index (χ0n) is 13.7. The average Bonchev–Trinajstić information content (AvgIpc) is 2.80. The lowest BCUT2D eigenvalue weighted by Crippen LogP contribution is -2.50.